The van der Waals surface area contributed by atoms with Crippen molar-refractivity contribution in [3.63, 3.8) is 0 Å². The van der Waals surface area contributed by atoms with Gasteiger partial charge >= 0.3 is 0 Å². The summed E-state index contributed by atoms with van der Waals surface area (Å²) in [5.41, 5.74) is 0. The fourth-order valence-electron chi connectivity index (χ4n) is 2.46. The second kappa shape index (κ2) is 5.95. The van der Waals surface area contributed by atoms with Crippen LogP contribution in [-0.4, -0.2) is 55.4 Å². The van der Waals surface area contributed by atoms with E-state index in [9.17, 15) is 4.79 Å². The standard InChI is InChI=1S/C14H22N2OS/c1-11-4-5-14(18-11)13(17)10-16-8-6-12(7-9-16)15(2)3/h4-5,12H,6-10H2,1-3H3. The molecule has 2 heterocycles. The van der Waals surface area contributed by atoms with Crippen LogP contribution < -0.4 is 0 Å². The summed E-state index contributed by atoms with van der Waals surface area (Å²) in [7, 11) is 4.28. The van der Waals surface area contributed by atoms with Crippen LogP contribution in [0.5, 0.6) is 0 Å². The number of carbonyl (C=O) groups is 1. The Hall–Kier alpha value is -0.710. The van der Waals surface area contributed by atoms with Crippen LogP contribution in [0.3, 0.4) is 0 Å². The van der Waals surface area contributed by atoms with Crippen LogP contribution in [0.4, 0.5) is 0 Å². The zero-order valence-corrected chi connectivity index (χ0v) is 12.3. The molecule has 0 unspecified atom stereocenters. The zero-order chi connectivity index (χ0) is 13.1. The summed E-state index contributed by atoms with van der Waals surface area (Å²) in [6.07, 6.45) is 2.34. The van der Waals surface area contributed by atoms with Gasteiger partial charge in [-0.15, -0.1) is 11.3 Å². The van der Waals surface area contributed by atoms with Crippen LogP contribution in [-0.2, 0) is 0 Å². The SMILES string of the molecule is Cc1ccc(C(=O)CN2CCC(N(C)C)CC2)s1. The first-order valence-corrected chi connectivity index (χ1v) is 7.36. The second-order valence-electron chi connectivity index (χ2n) is 5.30. The van der Waals surface area contributed by atoms with E-state index >= 15 is 0 Å². The molecule has 0 N–H and O–H groups in total. The molecule has 0 saturated carbocycles. The number of hydrogen-bond acceptors (Lipinski definition) is 4. The van der Waals surface area contributed by atoms with Gasteiger partial charge in [0.2, 0.25) is 0 Å². The van der Waals surface area contributed by atoms with Gasteiger partial charge in [-0.05, 0) is 46.0 Å². The van der Waals surface area contributed by atoms with Crippen LogP contribution in [0.25, 0.3) is 0 Å². The molecular weight excluding hydrogens is 244 g/mol. The first-order chi connectivity index (χ1) is 8.56. The predicted octanol–water partition coefficient (Wildman–Crippen LogP) is 2.27. The number of Topliss-reactive ketones (excluding diaryl/α,β-unsaturated/α-hetero) is 1. The minimum atomic E-state index is 0.274. The van der Waals surface area contributed by atoms with Gasteiger partial charge in [0.1, 0.15) is 0 Å². The van der Waals surface area contributed by atoms with Crippen molar-refractivity contribution in [1.82, 2.24) is 9.80 Å². The number of hydrogen-bond donors (Lipinski definition) is 0. The highest BCUT2D eigenvalue weighted by atomic mass is 32.1. The Morgan fingerprint density at radius 1 is 1.39 bits per heavy atom. The Morgan fingerprint density at radius 3 is 2.56 bits per heavy atom. The third-order valence-corrected chi connectivity index (χ3v) is 4.71. The van der Waals surface area contributed by atoms with Crippen molar-refractivity contribution in [2.24, 2.45) is 0 Å². The van der Waals surface area contributed by atoms with E-state index in [1.165, 1.54) is 17.7 Å². The summed E-state index contributed by atoms with van der Waals surface area (Å²) in [5.74, 6) is 0.274. The van der Waals surface area contributed by atoms with Crippen LogP contribution in [0.2, 0.25) is 0 Å². The number of aryl methyl sites for hydroxylation is 1. The molecule has 0 spiro atoms. The maximum absolute atomic E-state index is 12.1. The van der Waals surface area contributed by atoms with Crippen molar-refractivity contribution in [3.05, 3.63) is 21.9 Å². The summed E-state index contributed by atoms with van der Waals surface area (Å²) in [4.78, 5) is 18.8. The lowest BCUT2D eigenvalue weighted by atomic mass is 10.0. The molecule has 1 aliphatic heterocycles. The highest BCUT2D eigenvalue weighted by Gasteiger charge is 2.22. The Morgan fingerprint density at radius 2 is 2.06 bits per heavy atom. The van der Waals surface area contributed by atoms with E-state index in [4.69, 9.17) is 0 Å². The lowest BCUT2D eigenvalue weighted by Crippen LogP contribution is -2.43. The van der Waals surface area contributed by atoms with Gasteiger partial charge in [-0.25, -0.2) is 0 Å². The van der Waals surface area contributed by atoms with Crippen molar-refractivity contribution >= 4 is 17.1 Å². The molecular formula is C14H22N2OS. The fraction of sp³-hybridized carbons (Fsp3) is 0.643. The molecule has 0 aliphatic carbocycles. The monoisotopic (exact) mass is 266 g/mol. The average molecular weight is 266 g/mol. The van der Waals surface area contributed by atoms with Crippen molar-refractivity contribution in [3.8, 4) is 0 Å². The molecule has 1 aliphatic rings. The summed E-state index contributed by atoms with van der Waals surface area (Å²) in [5, 5.41) is 0. The Balaban J connectivity index is 1.83. The van der Waals surface area contributed by atoms with Crippen LogP contribution in [0.1, 0.15) is 27.4 Å². The topological polar surface area (TPSA) is 23.6 Å². The minimum absolute atomic E-state index is 0.274. The second-order valence-corrected chi connectivity index (χ2v) is 6.59. The number of thiophene rings is 1. The van der Waals surface area contributed by atoms with Crippen LogP contribution in [0, 0.1) is 6.92 Å². The van der Waals surface area contributed by atoms with Gasteiger partial charge in [0.05, 0.1) is 11.4 Å². The minimum Gasteiger partial charge on any atom is -0.306 e. The predicted molar refractivity (Wildman–Crippen MR) is 76.5 cm³/mol. The van der Waals surface area contributed by atoms with E-state index in [1.54, 1.807) is 11.3 Å². The number of likely N-dealkylation sites (tertiary alicyclic amines) is 1. The Labute approximate surface area is 113 Å². The maximum Gasteiger partial charge on any atom is 0.186 e. The van der Waals surface area contributed by atoms with Gasteiger partial charge in [0, 0.05) is 24.0 Å². The van der Waals surface area contributed by atoms with Crippen molar-refractivity contribution in [2.75, 3.05) is 33.7 Å². The van der Waals surface area contributed by atoms with E-state index in [0.29, 0.717) is 12.6 Å². The smallest absolute Gasteiger partial charge is 0.186 e. The van der Waals surface area contributed by atoms with E-state index in [-0.39, 0.29) is 5.78 Å². The normalized spacial score (nSPS) is 18.4. The number of rotatable bonds is 4. The lowest BCUT2D eigenvalue weighted by molar-refractivity contribution is 0.0878. The maximum atomic E-state index is 12.1. The third kappa shape index (κ3) is 3.40. The summed E-state index contributed by atoms with van der Waals surface area (Å²) < 4.78 is 0. The molecule has 4 heteroatoms. The fourth-order valence-corrected chi connectivity index (χ4v) is 3.26. The van der Waals surface area contributed by atoms with Gasteiger partial charge in [0.15, 0.2) is 5.78 Å². The molecule has 0 amide bonds. The van der Waals surface area contributed by atoms with Crippen molar-refractivity contribution in [1.29, 1.82) is 0 Å². The summed E-state index contributed by atoms with van der Waals surface area (Å²) >= 11 is 1.61. The molecule has 1 fully saturated rings. The number of nitrogens with zero attached hydrogens (tertiary/aromatic N) is 2. The quantitative estimate of drug-likeness (QED) is 0.781. The van der Waals surface area contributed by atoms with Crippen LogP contribution >= 0.6 is 11.3 Å². The molecule has 0 atom stereocenters. The zero-order valence-electron chi connectivity index (χ0n) is 11.5. The molecule has 1 aromatic heterocycles. The Kier molecular flexibility index (Phi) is 4.54. The molecule has 1 aromatic rings. The van der Waals surface area contributed by atoms with Crippen LogP contribution in [0.15, 0.2) is 12.1 Å². The molecule has 2 rings (SSSR count). The van der Waals surface area contributed by atoms with E-state index in [2.05, 4.69) is 23.9 Å². The largest absolute Gasteiger partial charge is 0.306 e. The number of piperidine rings is 1. The average Bonchev–Trinajstić information content (AvgIpc) is 2.76. The van der Waals surface area contributed by atoms with E-state index in [0.717, 1.165) is 18.0 Å². The molecule has 0 aromatic carbocycles. The molecule has 18 heavy (non-hydrogen) atoms. The van der Waals surface area contributed by atoms with E-state index < -0.39 is 0 Å². The van der Waals surface area contributed by atoms with Gasteiger partial charge in [-0.1, -0.05) is 0 Å². The van der Waals surface area contributed by atoms with Gasteiger partial charge in [0.25, 0.3) is 0 Å². The molecule has 0 bridgehead atoms. The Bertz CT molecular complexity index is 406. The number of ketones is 1. The highest BCUT2D eigenvalue weighted by Crippen LogP contribution is 2.18. The summed E-state index contributed by atoms with van der Waals surface area (Å²) in [6.45, 7) is 4.71. The molecule has 0 radical (unpaired) electrons. The molecule has 100 valence electrons. The molecule has 3 nitrogen and oxygen atoms in total. The number of carbonyl (C=O) groups excluding carboxylic acids is 1. The molecule has 1 saturated heterocycles. The lowest BCUT2D eigenvalue weighted by Gasteiger charge is -2.34. The van der Waals surface area contributed by atoms with Gasteiger partial charge < -0.3 is 4.90 Å². The third-order valence-electron chi connectivity index (χ3n) is 3.67. The van der Waals surface area contributed by atoms with E-state index in [1.807, 2.05) is 19.1 Å². The van der Waals surface area contributed by atoms with Gasteiger partial charge in [-0.3, -0.25) is 9.69 Å². The highest BCUT2D eigenvalue weighted by molar-refractivity contribution is 7.14. The summed E-state index contributed by atoms with van der Waals surface area (Å²) in [6, 6.07) is 4.66. The first kappa shape index (κ1) is 13.7. The van der Waals surface area contributed by atoms with Gasteiger partial charge in [-0.2, -0.15) is 0 Å². The van der Waals surface area contributed by atoms with Crippen molar-refractivity contribution < 1.29 is 4.79 Å². The van der Waals surface area contributed by atoms with Crippen molar-refractivity contribution in [2.45, 2.75) is 25.8 Å². The first-order valence-electron chi connectivity index (χ1n) is 6.54.